The van der Waals surface area contributed by atoms with E-state index in [0.717, 1.165) is 49.5 Å². The van der Waals surface area contributed by atoms with Crippen LogP contribution in [-0.2, 0) is 6.54 Å². The highest BCUT2D eigenvalue weighted by atomic mass is 16.3. The minimum absolute atomic E-state index is 0.223. The lowest BCUT2D eigenvalue weighted by Crippen LogP contribution is -2.44. The molecule has 1 fully saturated rings. The Hall–Kier alpha value is -2.73. The normalized spacial score (nSPS) is 20.5. The number of carbonyl (C=O) groups excluding carboxylic acids is 1. The molecule has 2 aromatic heterocycles. The number of aliphatic hydroxyl groups excluding tert-OH is 1. The largest absolute Gasteiger partial charge is 0.391 e. The molecule has 0 unspecified atom stereocenters. The Labute approximate surface area is 164 Å². The topological polar surface area (TPSA) is 80.0 Å². The number of aliphatic hydroxyl groups is 1. The van der Waals surface area contributed by atoms with E-state index in [0.29, 0.717) is 17.9 Å². The second-order valence-corrected chi connectivity index (χ2v) is 7.51. The number of rotatable bonds is 4. The van der Waals surface area contributed by atoms with Crippen molar-refractivity contribution >= 4 is 16.9 Å². The minimum atomic E-state index is -0.500. The minimum Gasteiger partial charge on any atom is -0.391 e. The summed E-state index contributed by atoms with van der Waals surface area (Å²) in [4.78, 5) is 17.5. The first-order valence-corrected chi connectivity index (χ1v) is 10.1. The molecule has 0 bridgehead atoms. The number of amides is 1. The van der Waals surface area contributed by atoms with Crippen LogP contribution in [-0.4, -0.2) is 37.9 Å². The van der Waals surface area contributed by atoms with Gasteiger partial charge in [0, 0.05) is 6.20 Å². The summed E-state index contributed by atoms with van der Waals surface area (Å²) in [6.45, 7) is 0.549. The third-order valence-electron chi connectivity index (χ3n) is 5.44. The number of nitrogens with zero attached hydrogens (tertiary/aromatic N) is 3. The summed E-state index contributed by atoms with van der Waals surface area (Å²) >= 11 is 0. The highest BCUT2D eigenvalue weighted by Crippen LogP contribution is 2.21. The third kappa shape index (κ3) is 4.07. The first kappa shape index (κ1) is 18.6. The van der Waals surface area contributed by atoms with Crippen molar-refractivity contribution in [2.45, 2.75) is 57.2 Å². The fraction of sp³-hybridized carbons (Fsp3) is 0.409. The van der Waals surface area contributed by atoms with Crippen LogP contribution in [0.1, 0.15) is 54.6 Å². The summed E-state index contributed by atoms with van der Waals surface area (Å²) < 4.78 is 1.77. The number of hydrogen-bond donors (Lipinski definition) is 2. The van der Waals surface area contributed by atoms with Gasteiger partial charge in [-0.2, -0.15) is 5.10 Å². The summed E-state index contributed by atoms with van der Waals surface area (Å²) in [6.07, 6.45) is 7.07. The van der Waals surface area contributed by atoms with Gasteiger partial charge >= 0.3 is 0 Å². The van der Waals surface area contributed by atoms with Crippen molar-refractivity contribution in [3.8, 4) is 0 Å². The van der Waals surface area contributed by atoms with Crippen LogP contribution < -0.4 is 5.32 Å². The Balaban J connectivity index is 1.60. The van der Waals surface area contributed by atoms with Crippen molar-refractivity contribution in [1.29, 1.82) is 0 Å². The van der Waals surface area contributed by atoms with Gasteiger partial charge in [-0.05, 0) is 30.5 Å². The molecule has 2 N–H and O–H groups in total. The van der Waals surface area contributed by atoms with Crippen LogP contribution in [0.15, 0.2) is 48.7 Å². The van der Waals surface area contributed by atoms with Crippen LogP contribution in [0.5, 0.6) is 0 Å². The molecule has 2 atom stereocenters. The number of aromatic nitrogens is 3. The van der Waals surface area contributed by atoms with Crippen molar-refractivity contribution in [3.05, 3.63) is 59.9 Å². The Morgan fingerprint density at radius 1 is 1.07 bits per heavy atom. The fourth-order valence-electron chi connectivity index (χ4n) is 3.91. The van der Waals surface area contributed by atoms with Gasteiger partial charge in [0.1, 0.15) is 0 Å². The summed E-state index contributed by atoms with van der Waals surface area (Å²) in [7, 11) is 0. The Morgan fingerprint density at radius 3 is 2.68 bits per heavy atom. The van der Waals surface area contributed by atoms with Gasteiger partial charge in [0.05, 0.1) is 24.1 Å². The lowest BCUT2D eigenvalue weighted by Gasteiger charge is -2.26. The van der Waals surface area contributed by atoms with E-state index in [4.69, 9.17) is 0 Å². The average molecular weight is 378 g/mol. The zero-order chi connectivity index (χ0) is 19.3. The molecule has 146 valence electrons. The second kappa shape index (κ2) is 8.52. The summed E-state index contributed by atoms with van der Waals surface area (Å²) in [6, 6.07) is 13.5. The van der Waals surface area contributed by atoms with Crippen LogP contribution in [0, 0.1) is 0 Å². The van der Waals surface area contributed by atoms with E-state index in [1.807, 2.05) is 42.5 Å². The maximum atomic E-state index is 13.0. The molecule has 0 saturated heterocycles. The van der Waals surface area contributed by atoms with Crippen molar-refractivity contribution in [3.63, 3.8) is 0 Å². The smallest absolute Gasteiger partial charge is 0.272 e. The zero-order valence-corrected chi connectivity index (χ0v) is 15.9. The molecule has 6 heteroatoms. The molecule has 6 nitrogen and oxygen atoms in total. The first-order chi connectivity index (χ1) is 13.7. The highest BCUT2D eigenvalue weighted by molar-refractivity contribution is 6.04. The molecule has 1 aliphatic carbocycles. The lowest BCUT2D eigenvalue weighted by atomic mass is 9.94. The molecule has 0 radical (unpaired) electrons. The molecule has 2 heterocycles. The quantitative estimate of drug-likeness (QED) is 0.730. The van der Waals surface area contributed by atoms with Crippen molar-refractivity contribution in [2.75, 3.05) is 0 Å². The zero-order valence-electron chi connectivity index (χ0n) is 15.9. The number of fused-ring (bicyclic) bond motifs is 1. The molecule has 0 aliphatic heterocycles. The van der Waals surface area contributed by atoms with E-state index in [9.17, 15) is 9.90 Å². The molecule has 0 spiro atoms. The number of carbonyl (C=O) groups is 1. The molecule has 4 rings (SSSR count). The van der Waals surface area contributed by atoms with Gasteiger partial charge in [-0.1, -0.05) is 56.0 Å². The average Bonchev–Trinajstić information content (AvgIpc) is 3.07. The van der Waals surface area contributed by atoms with E-state index in [-0.39, 0.29) is 11.9 Å². The van der Waals surface area contributed by atoms with Gasteiger partial charge in [0.15, 0.2) is 11.3 Å². The monoisotopic (exact) mass is 378 g/mol. The van der Waals surface area contributed by atoms with Gasteiger partial charge in [0.25, 0.3) is 5.91 Å². The SMILES string of the molecule is O=C(N[C@H]1CCCCCC[C@@H]1O)c1nn(Cc2ccccc2)c2ncccc12. The molecule has 1 saturated carbocycles. The maximum Gasteiger partial charge on any atom is 0.272 e. The van der Waals surface area contributed by atoms with Crippen LogP contribution in [0.3, 0.4) is 0 Å². The van der Waals surface area contributed by atoms with E-state index in [1.54, 1.807) is 10.9 Å². The number of nitrogens with one attached hydrogen (secondary N) is 1. The third-order valence-corrected chi connectivity index (χ3v) is 5.44. The summed E-state index contributed by atoms with van der Waals surface area (Å²) in [5, 5.41) is 18.8. The Kier molecular flexibility index (Phi) is 5.67. The summed E-state index contributed by atoms with van der Waals surface area (Å²) in [5.41, 5.74) is 2.16. The first-order valence-electron chi connectivity index (χ1n) is 10.1. The highest BCUT2D eigenvalue weighted by Gasteiger charge is 2.25. The lowest BCUT2D eigenvalue weighted by molar-refractivity contribution is 0.0768. The van der Waals surface area contributed by atoms with Crippen LogP contribution in [0.4, 0.5) is 0 Å². The molecule has 28 heavy (non-hydrogen) atoms. The van der Waals surface area contributed by atoms with Crippen LogP contribution >= 0.6 is 0 Å². The van der Waals surface area contributed by atoms with Crippen molar-refractivity contribution in [2.24, 2.45) is 0 Å². The predicted molar refractivity (Wildman–Crippen MR) is 108 cm³/mol. The molecule has 3 aromatic rings. The number of benzene rings is 1. The molecule has 1 aromatic carbocycles. The van der Waals surface area contributed by atoms with E-state index < -0.39 is 6.10 Å². The molecule has 1 aliphatic rings. The van der Waals surface area contributed by atoms with Gasteiger partial charge < -0.3 is 10.4 Å². The van der Waals surface area contributed by atoms with Crippen molar-refractivity contribution < 1.29 is 9.90 Å². The summed E-state index contributed by atoms with van der Waals surface area (Å²) in [5.74, 6) is -0.241. The van der Waals surface area contributed by atoms with E-state index in [2.05, 4.69) is 15.4 Å². The molecular weight excluding hydrogens is 352 g/mol. The van der Waals surface area contributed by atoms with Crippen LogP contribution in [0.2, 0.25) is 0 Å². The van der Waals surface area contributed by atoms with Gasteiger partial charge in [-0.25, -0.2) is 9.67 Å². The van der Waals surface area contributed by atoms with E-state index in [1.165, 1.54) is 0 Å². The van der Waals surface area contributed by atoms with Gasteiger partial charge in [-0.3, -0.25) is 4.79 Å². The number of hydrogen-bond acceptors (Lipinski definition) is 4. The standard InChI is InChI=1S/C22H26N4O2/c27-19-13-7-2-1-6-12-18(19)24-22(28)20-17-11-8-14-23-21(17)26(25-20)15-16-9-4-3-5-10-16/h3-5,8-11,14,18-19,27H,1-2,6-7,12-13,15H2,(H,24,28)/t18-,19-/m0/s1. The van der Waals surface area contributed by atoms with Crippen LogP contribution in [0.25, 0.3) is 11.0 Å². The number of pyridine rings is 1. The Bertz CT molecular complexity index is 938. The molecule has 1 amide bonds. The van der Waals surface area contributed by atoms with Gasteiger partial charge in [0.2, 0.25) is 0 Å². The van der Waals surface area contributed by atoms with Gasteiger partial charge in [-0.15, -0.1) is 0 Å². The molecular formula is C22H26N4O2. The van der Waals surface area contributed by atoms with E-state index >= 15 is 0 Å². The maximum absolute atomic E-state index is 13.0. The Morgan fingerprint density at radius 2 is 1.86 bits per heavy atom. The van der Waals surface area contributed by atoms with Crippen molar-refractivity contribution in [1.82, 2.24) is 20.1 Å². The second-order valence-electron chi connectivity index (χ2n) is 7.51. The fourth-order valence-corrected chi connectivity index (χ4v) is 3.91. The predicted octanol–water partition coefficient (Wildman–Crippen LogP) is 3.29.